The molecule has 2 heterocycles. The molecule has 0 radical (unpaired) electrons. The van der Waals surface area contributed by atoms with Crippen LogP contribution in [0.5, 0.6) is 5.75 Å². The summed E-state index contributed by atoms with van der Waals surface area (Å²) in [4.78, 5) is 15.9. The minimum atomic E-state index is -4.71. The van der Waals surface area contributed by atoms with Crippen molar-refractivity contribution in [2.75, 3.05) is 0 Å². The number of aliphatic imine (C=N–C) groups is 1. The molecule has 2 aliphatic heterocycles. The van der Waals surface area contributed by atoms with Crippen LogP contribution in [0.15, 0.2) is 58.1 Å². The number of hydrazone groups is 1. The maximum atomic E-state index is 13.0. The van der Waals surface area contributed by atoms with Crippen LogP contribution in [-0.4, -0.2) is 33.1 Å². The third-order valence-corrected chi connectivity index (χ3v) is 5.52. The van der Waals surface area contributed by atoms with Crippen LogP contribution >= 0.6 is 35.8 Å². The molecule has 1 amide bonds. The van der Waals surface area contributed by atoms with Gasteiger partial charge in [0.1, 0.15) is 18.2 Å². The van der Waals surface area contributed by atoms with Gasteiger partial charge in [-0.2, -0.15) is 28.3 Å². The second kappa shape index (κ2) is 9.54. The highest BCUT2D eigenvalue weighted by Gasteiger charge is 2.46. The number of rotatable bonds is 4. The zero-order valence-corrected chi connectivity index (χ0v) is 18.6. The predicted octanol–water partition coefficient (Wildman–Crippen LogP) is 5.66. The van der Waals surface area contributed by atoms with E-state index in [-0.39, 0.29) is 52.4 Å². The van der Waals surface area contributed by atoms with Crippen LogP contribution in [0.4, 0.5) is 17.6 Å². The van der Waals surface area contributed by atoms with Crippen molar-refractivity contribution in [1.29, 1.82) is 5.41 Å². The number of halogens is 6. The first-order valence-electron chi connectivity index (χ1n) is 8.86. The summed E-state index contributed by atoms with van der Waals surface area (Å²) in [5.41, 5.74) is 0.895. The molecule has 172 valence electrons. The molecule has 0 unspecified atom stereocenters. The Morgan fingerprint density at radius 3 is 2.52 bits per heavy atom. The maximum absolute atomic E-state index is 13.0. The Morgan fingerprint density at radius 1 is 1.18 bits per heavy atom. The quantitative estimate of drug-likeness (QED) is 0.418. The molecule has 0 aliphatic carbocycles. The van der Waals surface area contributed by atoms with Crippen molar-refractivity contribution in [2.45, 2.75) is 12.8 Å². The van der Waals surface area contributed by atoms with Gasteiger partial charge in [-0.25, -0.2) is 4.39 Å². The SMILES string of the molecule is Cl.N=C1/C(=C/c2ccc(OCc3ccc(F)cc3)c(Cl)c2)C(=O)N=C2SC(C(F)(F)F)=NN12. The largest absolute Gasteiger partial charge is 0.487 e. The number of amides is 1. The van der Waals surface area contributed by atoms with Crippen molar-refractivity contribution in [3.63, 3.8) is 0 Å². The summed E-state index contributed by atoms with van der Waals surface area (Å²) in [7, 11) is 0. The summed E-state index contributed by atoms with van der Waals surface area (Å²) in [5.74, 6) is -1.42. The number of ether oxygens (including phenoxy) is 1. The van der Waals surface area contributed by atoms with Gasteiger partial charge in [-0.1, -0.05) is 29.8 Å². The van der Waals surface area contributed by atoms with E-state index in [1.54, 1.807) is 18.2 Å². The van der Waals surface area contributed by atoms with Crippen LogP contribution in [0.2, 0.25) is 5.02 Å². The number of hydrogen-bond donors (Lipinski definition) is 1. The molecule has 33 heavy (non-hydrogen) atoms. The average Bonchev–Trinajstić information content (AvgIpc) is 3.16. The van der Waals surface area contributed by atoms with Crippen molar-refractivity contribution < 1.29 is 27.1 Å². The van der Waals surface area contributed by atoms with Crippen molar-refractivity contribution in [2.24, 2.45) is 10.1 Å². The molecule has 0 fully saturated rings. The van der Waals surface area contributed by atoms with Crippen LogP contribution in [0.1, 0.15) is 11.1 Å². The summed E-state index contributed by atoms with van der Waals surface area (Å²) >= 11 is 6.41. The van der Waals surface area contributed by atoms with Crippen LogP contribution < -0.4 is 4.74 Å². The Hall–Kier alpha value is -2.89. The van der Waals surface area contributed by atoms with Gasteiger partial charge in [-0.15, -0.1) is 12.4 Å². The lowest BCUT2D eigenvalue weighted by molar-refractivity contribution is -0.114. The highest BCUT2D eigenvalue weighted by atomic mass is 35.5. The third-order valence-electron chi connectivity index (χ3n) is 4.27. The lowest BCUT2D eigenvalue weighted by Gasteiger charge is -2.20. The van der Waals surface area contributed by atoms with Crippen LogP contribution in [0.3, 0.4) is 0 Å². The first kappa shape index (κ1) is 24.7. The van der Waals surface area contributed by atoms with Crippen molar-refractivity contribution in [1.82, 2.24) is 5.01 Å². The van der Waals surface area contributed by atoms with E-state index in [0.29, 0.717) is 16.3 Å². The van der Waals surface area contributed by atoms with Gasteiger partial charge in [0, 0.05) is 0 Å². The molecule has 2 aromatic carbocycles. The Bertz CT molecular complexity index is 1210. The zero-order valence-electron chi connectivity index (χ0n) is 16.2. The Balaban J connectivity index is 0.00000306. The van der Waals surface area contributed by atoms with Gasteiger partial charge < -0.3 is 4.74 Å². The molecule has 0 saturated carbocycles. The number of carbonyl (C=O) groups excluding carboxylic acids is 1. The number of thioether (sulfide) groups is 1. The van der Waals surface area contributed by atoms with Crippen molar-refractivity contribution in [3.05, 3.63) is 70.0 Å². The molecule has 13 heteroatoms. The van der Waals surface area contributed by atoms with E-state index in [4.69, 9.17) is 21.7 Å². The van der Waals surface area contributed by atoms with Gasteiger partial charge in [-0.05, 0) is 53.2 Å². The summed E-state index contributed by atoms with van der Waals surface area (Å²) in [5, 5.41) is 10.8. The number of fused-ring (bicyclic) bond motifs is 1. The standard InChI is InChI=1S/C20H11ClF4N4O2S.ClH/c21-14-8-11(3-6-15(14)31-9-10-1-4-12(22)5-2-10)7-13-16(26)29-19(27-17(13)30)32-18(28-29)20(23,24)25;/h1-8,26H,9H2;1H/b13-7-,26-16?;. The van der Waals surface area contributed by atoms with Gasteiger partial charge >= 0.3 is 6.18 Å². The lowest BCUT2D eigenvalue weighted by atomic mass is 10.1. The summed E-state index contributed by atoms with van der Waals surface area (Å²) < 4.78 is 57.3. The van der Waals surface area contributed by atoms with E-state index < -0.39 is 23.0 Å². The molecule has 2 aromatic rings. The summed E-state index contributed by atoms with van der Waals surface area (Å²) in [6.45, 7) is 0.146. The summed E-state index contributed by atoms with van der Waals surface area (Å²) in [6.07, 6.45) is -3.43. The van der Waals surface area contributed by atoms with E-state index in [0.717, 1.165) is 5.56 Å². The number of nitrogens with one attached hydrogen (secondary N) is 1. The fraction of sp³-hybridized carbons (Fsp3) is 0.100. The topological polar surface area (TPSA) is 78.1 Å². The third kappa shape index (κ3) is 5.37. The van der Waals surface area contributed by atoms with E-state index in [1.807, 2.05) is 0 Å². The van der Waals surface area contributed by atoms with Crippen molar-refractivity contribution in [3.8, 4) is 5.75 Å². The Labute approximate surface area is 199 Å². The first-order chi connectivity index (χ1) is 15.1. The highest BCUT2D eigenvalue weighted by Crippen LogP contribution is 2.35. The van der Waals surface area contributed by atoms with Gasteiger partial charge in [0.25, 0.3) is 5.91 Å². The molecule has 6 nitrogen and oxygen atoms in total. The number of amidine groups is 2. The molecule has 0 atom stereocenters. The second-order valence-corrected chi connectivity index (χ2v) is 7.89. The number of alkyl halides is 3. The minimum Gasteiger partial charge on any atom is -0.487 e. The molecule has 0 aromatic heterocycles. The maximum Gasteiger partial charge on any atom is 0.441 e. The average molecular weight is 519 g/mol. The molecule has 1 N–H and O–H groups in total. The van der Waals surface area contributed by atoms with Crippen LogP contribution in [0.25, 0.3) is 6.08 Å². The van der Waals surface area contributed by atoms with E-state index >= 15 is 0 Å². The summed E-state index contributed by atoms with van der Waals surface area (Å²) in [6, 6.07) is 10.3. The molecule has 0 bridgehead atoms. The molecule has 0 saturated heterocycles. The van der Waals surface area contributed by atoms with Crippen LogP contribution in [-0.2, 0) is 11.4 Å². The smallest absolute Gasteiger partial charge is 0.441 e. The van der Waals surface area contributed by atoms with E-state index in [2.05, 4.69) is 10.1 Å². The predicted molar refractivity (Wildman–Crippen MR) is 120 cm³/mol. The molecule has 0 spiro atoms. The van der Waals surface area contributed by atoms with Crippen molar-refractivity contribution >= 4 is 63.8 Å². The second-order valence-electron chi connectivity index (χ2n) is 6.53. The molecular weight excluding hydrogens is 507 g/mol. The minimum absolute atomic E-state index is 0. The van der Waals surface area contributed by atoms with E-state index in [1.165, 1.54) is 30.3 Å². The van der Waals surface area contributed by atoms with E-state index in [9.17, 15) is 22.4 Å². The van der Waals surface area contributed by atoms with Crippen LogP contribution in [0, 0.1) is 11.2 Å². The van der Waals surface area contributed by atoms with Gasteiger partial charge in [0.2, 0.25) is 10.2 Å². The number of carbonyl (C=O) groups is 1. The zero-order chi connectivity index (χ0) is 23.0. The lowest BCUT2D eigenvalue weighted by Crippen LogP contribution is -2.35. The number of benzene rings is 2. The van der Waals surface area contributed by atoms with Gasteiger partial charge in [0.05, 0.1) is 10.6 Å². The Morgan fingerprint density at radius 2 is 1.88 bits per heavy atom. The fourth-order valence-electron chi connectivity index (χ4n) is 2.74. The van der Waals surface area contributed by atoms with Gasteiger partial charge in [0.15, 0.2) is 5.84 Å². The number of nitrogens with zero attached hydrogens (tertiary/aromatic N) is 3. The Kier molecular flexibility index (Phi) is 7.15. The monoisotopic (exact) mass is 518 g/mol. The molecule has 4 rings (SSSR count). The molecule has 2 aliphatic rings. The highest BCUT2D eigenvalue weighted by molar-refractivity contribution is 8.27. The van der Waals surface area contributed by atoms with Gasteiger partial charge in [-0.3, -0.25) is 10.2 Å². The fourth-order valence-corrected chi connectivity index (χ4v) is 3.74. The molecular formula is C20H12Cl2F4N4O2S. The normalized spacial score (nSPS) is 16.9. The number of hydrogen-bond acceptors (Lipinski definition) is 5. The first-order valence-corrected chi connectivity index (χ1v) is 10.1.